The van der Waals surface area contributed by atoms with Crippen LogP contribution in [0.25, 0.3) is 0 Å². The van der Waals surface area contributed by atoms with Gasteiger partial charge in [0.2, 0.25) is 0 Å². The fourth-order valence-corrected chi connectivity index (χ4v) is 4.60. The van der Waals surface area contributed by atoms with Gasteiger partial charge in [-0.1, -0.05) is 0 Å². The molecule has 2 aromatic heterocycles. The van der Waals surface area contributed by atoms with E-state index in [-0.39, 0.29) is 0 Å². The third-order valence-electron chi connectivity index (χ3n) is 4.65. The van der Waals surface area contributed by atoms with Gasteiger partial charge in [-0.15, -0.1) is 11.3 Å². The number of thiazole rings is 1. The molecule has 0 bridgehead atoms. The normalized spacial score (nSPS) is 25.7. The summed E-state index contributed by atoms with van der Waals surface area (Å²) in [5.41, 5.74) is 6.07. The predicted molar refractivity (Wildman–Crippen MR) is 75.3 cm³/mol. The van der Waals surface area contributed by atoms with E-state index in [0.29, 0.717) is 5.92 Å². The summed E-state index contributed by atoms with van der Waals surface area (Å²) in [6, 6.07) is 0. The van der Waals surface area contributed by atoms with Crippen LogP contribution in [0.3, 0.4) is 0 Å². The molecule has 0 fully saturated rings. The van der Waals surface area contributed by atoms with E-state index in [0.717, 1.165) is 18.8 Å². The smallest absolute Gasteiger partial charge is 0.115 e. The molecule has 0 aliphatic heterocycles. The third-order valence-corrected chi connectivity index (χ3v) is 5.55. The average Bonchev–Trinajstić information content (AvgIpc) is 2.94. The number of hydrogen-bond acceptors (Lipinski definition) is 4. The van der Waals surface area contributed by atoms with Crippen molar-refractivity contribution < 1.29 is 0 Å². The van der Waals surface area contributed by atoms with E-state index >= 15 is 0 Å². The second-order valence-corrected chi connectivity index (χ2v) is 6.59. The first kappa shape index (κ1) is 11.5. The predicted octanol–water partition coefficient (Wildman–Crippen LogP) is 3.16. The maximum absolute atomic E-state index is 4.48. The van der Waals surface area contributed by atoms with E-state index < -0.39 is 0 Å². The molecule has 2 heterocycles. The molecule has 2 unspecified atom stereocenters. The second kappa shape index (κ2) is 4.67. The van der Waals surface area contributed by atoms with E-state index in [1.807, 2.05) is 16.8 Å². The molecular weight excluding hydrogens is 254 g/mol. The van der Waals surface area contributed by atoms with Gasteiger partial charge in [0.25, 0.3) is 0 Å². The Bertz CT molecular complexity index is 593. The van der Waals surface area contributed by atoms with Gasteiger partial charge < -0.3 is 0 Å². The van der Waals surface area contributed by atoms with Gasteiger partial charge in [-0.05, 0) is 55.9 Å². The van der Waals surface area contributed by atoms with E-state index in [1.54, 1.807) is 6.33 Å². The second-order valence-electron chi connectivity index (χ2n) is 5.65. The highest BCUT2D eigenvalue weighted by Gasteiger charge is 2.32. The van der Waals surface area contributed by atoms with Crippen LogP contribution in [0.15, 0.2) is 18.0 Å². The molecule has 2 aromatic rings. The maximum Gasteiger partial charge on any atom is 0.115 e. The number of hydrogen-bond donors (Lipinski definition) is 0. The van der Waals surface area contributed by atoms with Gasteiger partial charge in [0, 0.05) is 16.8 Å². The average molecular weight is 271 g/mol. The minimum atomic E-state index is 0.667. The summed E-state index contributed by atoms with van der Waals surface area (Å²) in [6.07, 6.45) is 11.1. The Balaban J connectivity index is 1.65. The molecule has 2 aliphatic carbocycles. The Morgan fingerprint density at radius 3 is 3.11 bits per heavy atom. The summed E-state index contributed by atoms with van der Waals surface area (Å²) in [4.78, 5) is 14.7. The number of aromatic nitrogens is 3. The van der Waals surface area contributed by atoms with Gasteiger partial charge in [-0.2, -0.15) is 0 Å². The highest BCUT2D eigenvalue weighted by Crippen LogP contribution is 2.42. The van der Waals surface area contributed by atoms with Crippen molar-refractivity contribution in [3.8, 4) is 0 Å². The summed E-state index contributed by atoms with van der Waals surface area (Å²) in [6.45, 7) is 0. The summed E-state index contributed by atoms with van der Waals surface area (Å²) < 4.78 is 0. The van der Waals surface area contributed by atoms with Crippen LogP contribution in [0.1, 0.15) is 47.0 Å². The number of fused-ring (bicyclic) bond motifs is 2. The molecular formula is C15H17N3S. The summed E-state index contributed by atoms with van der Waals surface area (Å²) in [7, 11) is 0. The molecule has 0 amide bonds. The highest BCUT2D eigenvalue weighted by molar-refractivity contribution is 7.09. The minimum Gasteiger partial charge on any atom is -0.249 e. The molecule has 2 aliphatic rings. The SMILES string of the molecule is c1ncc2c(n1)CCCC2C1CCc2ncsc2C1. The van der Waals surface area contributed by atoms with Crippen LogP contribution in [-0.4, -0.2) is 15.0 Å². The van der Waals surface area contributed by atoms with E-state index in [1.165, 1.54) is 47.5 Å². The fourth-order valence-electron chi connectivity index (χ4n) is 3.69. The molecule has 4 heteroatoms. The van der Waals surface area contributed by atoms with Gasteiger partial charge in [0.15, 0.2) is 0 Å². The van der Waals surface area contributed by atoms with Crippen LogP contribution < -0.4 is 0 Å². The van der Waals surface area contributed by atoms with E-state index in [9.17, 15) is 0 Å². The van der Waals surface area contributed by atoms with Gasteiger partial charge >= 0.3 is 0 Å². The number of nitrogens with zero attached hydrogens (tertiary/aromatic N) is 3. The lowest BCUT2D eigenvalue weighted by Crippen LogP contribution is -2.24. The molecule has 0 saturated heterocycles. The molecule has 98 valence electrons. The van der Waals surface area contributed by atoms with E-state index in [2.05, 4.69) is 21.1 Å². The summed E-state index contributed by atoms with van der Waals surface area (Å²) >= 11 is 1.83. The zero-order valence-corrected chi connectivity index (χ0v) is 11.7. The zero-order chi connectivity index (χ0) is 12.7. The number of rotatable bonds is 1. The Hall–Kier alpha value is -1.29. The van der Waals surface area contributed by atoms with Crippen LogP contribution in [0.4, 0.5) is 0 Å². The lowest BCUT2D eigenvalue weighted by atomic mass is 9.73. The van der Waals surface area contributed by atoms with Gasteiger partial charge in [0.1, 0.15) is 6.33 Å². The number of aryl methyl sites for hydroxylation is 2. The van der Waals surface area contributed by atoms with Crippen molar-refractivity contribution in [1.82, 2.24) is 15.0 Å². The van der Waals surface area contributed by atoms with Crippen molar-refractivity contribution in [3.63, 3.8) is 0 Å². The lowest BCUT2D eigenvalue weighted by molar-refractivity contribution is 0.340. The van der Waals surface area contributed by atoms with Crippen molar-refractivity contribution in [2.75, 3.05) is 0 Å². The monoisotopic (exact) mass is 271 g/mol. The Morgan fingerprint density at radius 2 is 2.11 bits per heavy atom. The molecule has 2 atom stereocenters. The summed E-state index contributed by atoms with van der Waals surface area (Å²) in [5.74, 6) is 1.43. The summed E-state index contributed by atoms with van der Waals surface area (Å²) in [5, 5.41) is 0. The first-order valence-electron chi connectivity index (χ1n) is 7.12. The Kier molecular flexibility index (Phi) is 2.84. The Labute approximate surface area is 117 Å². The van der Waals surface area contributed by atoms with Gasteiger partial charge in [-0.25, -0.2) is 15.0 Å². The molecule has 0 N–H and O–H groups in total. The van der Waals surface area contributed by atoms with Crippen LogP contribution in [0.5, 0.6) is 0 Å². The van der Waals surface area contributed by atoms with Crippen LogP contribution in [0.2, 0.25) is 0 Å². The minimum absolute atomic E-state index is 0.667. The molecule has 0 spiro atoms. The molecule has 19 heavy (non-hydrogen) atoms. The molecule has 0 saturated carbocycles. The van der Waals surface area contributed by atoms with Gasteiger partial charge in [0.05, 0.1) is 11.2 Å². The van der Waals surface area contributed by atoms with Crippen molar-refractivity contribution in [1.29, 1.82) is 0 Å². The standard InChI is InChI=1S/C15H17N3S/c1-2-11(12-7-16-8-17-13(12)3-1)10-4-5-14-15(6-10)19-9-18-14/h7-11H,1-6H2. The zero-order valence-electron chi connectivity index (χ0n) is 10.9. The highest BCUT2D eigenvalue weighted by atomic mass is 32.1. The molecule has 0 radical (unpaired) electrons. The molecule has 4 rings (SSSR count). The van der Waals surface area contributed by atoms with Crippen molar-refractivity contribution in [2.24, 2.45) is 5.92 Å². The molecule has 0 aromatic carbocycles. The van der Waals surface area contributed by atoms with Gasteiger partial charge in [-0.3, -0.25) is 0 Å². The quantitative estimate of drug-likeness (QED) is 0.799. The molecule has 3 nitrogen and oxygen atoms in total. The fraction of sp³-hybridized carbons (Fsp3) is 0.533. The first-order valence-corrected chi connectivity index (χ1v) is 8.00. The van der Waals surface area contributed by atoms with Crippen molar-refractivity contribution in [2.45, 2.75) is 44.4 Å². The van der Waals surface area contributed by atoms with Crippen molar-refractivity contribution >= 4 is 11.3 Å². The lowest BCUT2D eigenvalue weighted by Gasteiger charge is -2.33. The topological polar surface area (TPSA) is 38.7 Å². The Morgan fingerprint density at radius 1 is 1.11 bits per heavy atom. The van der Waals surface area contributed by atoms with Crippen LogP contribution >= 0.6 is 11.3 Å². The van der Waals surface area contributed by atoms with E-state index in [4.69, 9.17) is 0 Å². The third kappa shape index (κ3) is 1.98. The van der Waals surface area contributed by atoms with Crippen molar-refractivity contribution in [3.05, 3.63) is 39.9 Å². The van der Waals surface area contributed by atoms with Crippen LogP contribution in [0, 0.1) is 5.92 Å². The largest absolute Gasteiger partial charge is 0.249 e. The first-order chi connectivity index (χ1) is 9.42. The maximum atomic E-state index is 4.48. The van der Waals surface area contributed by atoms with Crippen LogP contribution in [-0.2, 0) is 19.3 Å².